The average molecular weight is 565 g/mol. The summed E-state index contributed by atoms with van der Waals surface area (Å²) < 4.78 is 4.19. The van der Waals surface area contributed by atoms with Gasteiger partial charge in [0.1, 0.15) is 10.8 Å². The van der Waals surface area contributed by atoms with Crippen LogP contribution in [0.2, 0.25) is 0 Å². The van der Waals surface area contributed by atoms with Crippen LogP contribution in [-0.2, 0) is 6.42 Å². The van der Waals surface area contributed by atoms with Crippen molar-refractivity contribution in [2.45, 2.75) is 6.42 Å². The smallest absolute Gasteiger partial charge is 0.260 e. The third kappa shape index (κ3) is 6.37. The number of aromatic nitrogens is 4. The van der Waals surface area contributed by atoms with Crippen LogP contribution in [0.1, 0.15) is 26.4 Å². The van der Waals surface area contributed by atoms with Gasteiger partial charge in [-0.05, 0) is 54.0 Å². The highest BCUT2D eigenvalue weighted by atomic mass is 32.1. The molecule has 1 fully saturated rings. The second-order valence-electron chi connectivity index (χ2n) is 9.68. The van der Waals surface area contributed by atoms with Gasteiger partial charge in [0.25, 0.3) is 11.8 Å². The fourth-order valence-electron chi connectivity index (χ4n) is 4.73. The van der Waals surface area contributed by atoms with Gasteiger partial charge in [-0.2, -0.15) is 4.37 Å². The summed E-state index contributed by atoms with van der Waals surface area (Å²) in [5.74, 6) is 0.146. The summed E-state index contributed by atoms with van der Waals surface area (Å²) >= 11 is 1.16. The molecule has 0 radical (unpaired) electrons. The van der Waals surface area contributed by atoms with Gasteiger partial charge < -0.3 is 15.5 Å². The van der Waals surface area contributed by atoms with Crippen LogP contribution in [0.25, 0.3) is 11.0 Å². The Hall–Kier alpha value is -4.74. The molecule has 206 valence electrons. The number of piperazine rings is 1. The highest BCUT2D eigenvalue weighted by molar-refractivity contribution is 7.10. The van der Waals surface area contributed by atoms with E-state index in [0.29, 0.717) is 40.7 Å². The van der Waals surface area contributed by atoms with Crippen molar-refractivity contribution < 1.29 is 9.59 Å². The minimum atomic E-state index is -0.332. The van der Waals surface area contributed by atoms with E-state index < -0.39 is 0 Å². The van der Waals surface area contributed by atoms with Crippen LogP contribution in [0.5, 0.6) is 0 Å². The fraction of sp³-hybridized carbons (Fsp3) is 0.200. The normalized spacial score (nSPS) is 13.7. The Labute approximate surface area is 241 Å². The standard InChI is InChI=1S/C30H28N8O2S/c39-28(24-19-33-41-29(24)36-27-20-32-25-9-1-2-10-26(25)35-27)34-23-8-5-6-21(18-23)30(40)38-16-14-37(15-17-38)13-11-22-7-3-4-12-31-22/h1-10,12,18-20H,11,13-17H2,(H,34,39)(H,35,36). The van der Waals surface area contributed by atoms with Gasteiger partial charge in [0.05, 0.1) is 29.0 Å². The molecule has 11 heteroatoms. The fourth-order valence-corrected chi connectivity index (χ4v) is 5.39. The highest BCUT2D eigenvalue weighted by Crippen LogP contribution is 2.26. The molecule has 1 saturated heterocycles. The van der Waals surface area contributed by atoms with Crippen LogP contribution >= 0.6 is 11.5 Å². The number of rotatable bonds is 8. The first kappa shape index (κ1) is 26.5. The molecule has 0 saturated carbocycles. The number of pyridine rings is 1. The summed E-state index contributed by atoms with van der Waals surface area (Å²) in [6.07, 6.45) is 5.85. The second-order valence-corrected chi connectivity index (χ2v) is 10.5. The number of nitrogens with one attached hydrogen (secondary N) is 2. The lowest BCUT2D eigenvalue weighted by Crippen LogP contribution is -2.49. The molecule has 6 rings (SSSR count). The van der Waals surface area contributed by atoms with Crippen molar-refractivity contribution >= 4 is 50.9 Å². The van der Waals surface area contributed by atoms with Crippen molar-refractivity contribution in [2.75, 3.05) is 43.4 Å². The van der Waals surface area contributed by atoms with Crippen LogP contribution in [0, 0.1) is 0 Å². The SMILES string of the molecule is O=C(Nc1cccc(C(=O)N2CCN(CCc3ccccn3)CC2)c1)c1cnsc1Nc1cnc2ccccc2n1. The Morgan fingerprint density at radius 2 is 1.71 bits per heavy atom. The van der Waals surface area contributed by atoms with E-state index in [9.17, 15) is 9.59 Å². The number of carbonyl (C=O) groups is 2. The maximum absolute atomic E-state index is 13.3. The Morgan fingerprint density at radius 3 is 2.54 bits per heavy atom. The number of hydrogen-bond donors (Lipinski definition) is 2. The van der Waals surface area contributed by atoms with E-state index in [4.69, 9.17) is 0 Å². The molecule has 0 spiro atoms. The monoisotopic (exact) mass is 564 g/mol. The second kappa shape index (κ2) is 12.2. The number of hydrogen-bond acceptors (Lipinski definition) is 9. The van der Waals surface area contributed by atoms with Crippen molar-refractivity contribution in [3.8, 4) is 0 Å². The zero-order valence-corrected chi connectivity index (χ0v) is 23.1. The van der Waals surface area contributed by atoms with Gasteiger partial charge in [-0.25, -0.2) is 4.98 Å². The van der Waals surface area contributed by atoms with Gasteiger partial charge in [0, 0.05) is 62.3 Å². The van der Waals surface area contributed by atoms with E-state index in [1.54, 1.807) is 30.5 Å². The Kier molecular flexibility index (Phi) is 7.88. The van der Waals surface area contributed by atoms with Crippen LogP contribution in [-0.4, -0.2) is 73.7 Å². The number of nitrogens with zero attached hydrogens (tertiary/aromatic N) is 6. The van der Waals surface area contributed by atoms with Crippen LogP contribution in [0.3, 0.4) is 0 Å². The summed E-state index contributed by atoms with van der Waals surface area (Å²) in [6, 6.07) is 20.6. The number of fused-ring (bicyclic) bond motifs is 1. The van der Waals surface area contributed by atoms with Crippen LogP contribution in [0.15, 0.2) is 85.3 Å². The summed E-state index contributed by atoms with van der Waals surface area (Å²) in [4.78, 5) is 44.0. The van der Waals surface area contributed by atoms with Gasteiger partial charge in [0.2, 0.25) is 0 Å². The van der Waals surface area contributed by atoms with Gasteiger partial charge >= 0.3 is 0 Å². The van der Waals surface area contributed by atoms with Crippen molar-refractivity contribution in [3.63, 3.8) is 0 Å². The van der Waals surface area contributed by atoms with Gasteiger partial charge in [-0.1, -0.05) is 24.3 Å². The molecule has 2 aromatic carbocycles. The van der Waals surface area contributed by atoms with Crippen molar-refractivity contribution in [1.29, 1.82) is 0 Å². The zero-order valence-electron chi connectivity index (χ0n) is 22.2. The molecule has 2 N–H and O–H groups in total. The minimum Gasteiger partial charge on any atom is -0.336 e. The maximum atomic E-state index is 13.3. The maximum Gasteiger partial charge on any atom is 0.260 e. The zero-order chi connectivity index (χ0) is 28.0. The van der Waals surface area contributed by atoms with Crippen LogP contribution in [0.4, 0.5) is 16.5 Å². The molecule has 0 bridgehead atoms. The lowest BCUT2D eigenvalue weighted by molar-refractivity contribution is 0.0638. The lowest BCUT2D eigenvalue weighted by atomic mass is 10.1. The number of anilines is 3. The molecule has 1 aliphatic rings. The van der Waals surface area contributed by atoms with E-state index in [1.165, 1.54) is 6.20 Å². The van der Waals surface area contributed by atoms with E-state index in [0.717, 1.165) is 54.3 Å². The van der Waals surface area contributed by atoms with Crippen molar-refractivity contribution in [3.05, 3.63) is 102 Å². The molecular formula is C30H28N8O2S. The summed E-state index contributed by atoms with van der Waals surface area (Å²) in [7, 11) is 0. The summed E-state index contributed by atoms with van der Waals surface area (Å²) in [5.41, 5.74) is 4.07. The van der Waals surface area contributed by atoms with Gasteiger partial charge in [-0.3, -0.25) is 24.5 Å². The first-order valence-corrected chi connectivity index (χ1v) is 14.2. The minimum absolute atomic E-state index is 0.0418. The Morgan fingerprint density at radius 1 is 0.878 bits per heavy atom. The third-order valence-corrected chi connectivity index (χ3v) is 7.66. The number of para-hydroxylation sites is 2. The summed E-state index contributed by atoms with van der Waals surface area (Å²) in [6.45, 7) is 3.87. The van der Waals surface area contributed by atoms with Crippen LogP contribution < -0.4 is 10.6 Å². The van der Waals surface area contributed by atoms with Gasteiger partial charge in [-0.15, -0.1) is 0 Å². The number of benzene rings is 2. The van der Waals surface area contributed by atoms with E-state index >= 15 is 0 Å². The molecule has 10 nitrogen and oxygen atoms in total. The van der Waals surface area contributed by atoms with Gasteiger partial charge in [0.15, 0.2) is 0 Å². The summed E-state index contributed by atoms with van der Waals surface area (Å²) in [5, 5.41) is 6.62. The number of amides is 2. The third-order valence-electron chi connectivity index (χ3n) is 6.94. The van der Waals surface area contributed by atoms with E-state index in [1.807, 2.05) is 53.6 Å². The van der Waals surface area contributed by atoms with Crippen molar-refractivity contribution in [1.82, 2.24) is 29.1 Å². The first-order chi connectivity index (χ1) is 20.1. The molecule has 0 aliphatic carbocycles. The molecule has 2 amide bonds. The quantitative estimate of drug-likeness (QED) is 0.284. The average Bonchev–Trinajstić information content (AvgIpc) is 3.49. The first-order valence-electron chi connectivity index (χ1n) is 13.4. The molecular weight excluding hydrogens is 536 g/mol. The molecule has 41 heavy (non-hydrogen) atoms. The molecule has 3 aromatic heterocycles. The highest BCUT2D eigenvalue weighted by Gasteiger charge is 2.23. The van der Waals surface area contributed by atoms with Crippen molar-refractivity contribution in [2.24, 2.45) is 0 Å². The number of carbonyl (C=O) groups excluding carboxylic acids is 2. The van der Waals surface area contributed by atoms with E-state index in [-0.39, 0.29) is 11.8 Å². The molecule has 1 aliphatic heterocycles. The predicted molar refractivity (Wildman–Crippen MR) is 160 cm³/mol. The molecule has 0 atom stereocenters. The molecule has 0 unspecified atom stereocenters. The largest absolute Gasteiger partial charge is 0.336 e. The van der Waals surface area contributed by atoms with E-state index in [2.05, 4.69) is 34.9 Å². The predicted octanol–water partition coefficient (Wildman–Crippen LogP) is 4.48. The molecule has 5 aromatic rings. The Bertz CT molecular complexity index is 1670. The Balaban J connectivity index is 1.06. The lowest BCUT2D eigenvalue weighted by Gasteiger charge is -2.34. The topological polar surface area (TPSA) is 116 Å². The molecule has 4 heterocycles.